The Balaban J connectivity index is 1.67. The molecule has 0 radical (unpaired) electrons. The van der Waals surface area contributed by atoms with E-state index in [1.807, 2.05) is 0 Å². The number of hydrogen-bond acceptors (Lipinski definition) is 3. The van der Waals surface area contributed by atoms with E-state index in [1.54, 1.807) is 18.3 Å². The number of rotatable bonds is 4. The maximum absolute atomic E-state index is 13.7. The highest BCUT2D eigenvalue weighted by Gasteiger charge is 2.23. The zero-order valence-electron chi connectivity index (χ0n) is 11.8. The van der Waals surface area contributed by atoms with Crippen molar-refractivity contribution < 1.29 is 13.9 Å². The fourth-order valence-corrected chi connectivity index (χ4v) is 2.59. The average Bonchev–Trinajstić information content (AvgIpc) is 3.15. The number of carbonyl (C=O) groups excluding carboxylic acids is 1. The third-order valence-electron chi connectivity index (χ3n) is 3.50. The van der Waals surface area contributed by atoms with Gasteiger partial charge in [0, 0.05) is 23.4 Å². The zero-order chi connectivity index (χ0) is 15.5. The average molecular weight is 324 g/mol. The zero-order valence-corrected chi connectivity index (χ0v) is 12.5. The molecule has 3 rings (SSSR count). The van der Waals surface area contributed by atoms with E-state index < -0.39 is 6.10 Å². The number of aromatic nitrogens is 2. The minimum Gasteiger partial charge on any atom is -0.368 e. The molecule has 1 aromatic carbocycles. The minimum absolute atomic E-state index is 0.180. The van der Waals surface area contributed by atoms with Gasteiger partial charge in [-0.05, 0) is 25.0 Å². The number of carbonyl (C=O) groups is 1. The summed E-state index contributed by atoms with van der Waals surface area (Å²) in [6, 6.07) is 4.53. The Labute approximate surface area is 132 Å². The first-order chi connectivity index (χ1) is 10.6. The van der Waals surface area contributed by atoms with E-state index in [2.05, 4.69) is 10.4 Å². The van der Waals surface area contributed by atoms with Gasteiger partial charge in [-0.15, -0.1) is 0 Å². The molecule has 1 N–H and O–H groups in total. The topological polar surface area (TPSA) is 56.2 Å². The maximum Gasteiger partial charge on any atom is 0.253 e. The lowest BCUT2D eigenvalue weighted by Gasteiger charge is -2.08. The van der Waals surface area contributed by atoms with Crippen LogP contribution in [0.25, 0.3) is 0 Å². The predicted molar refractivity (Wildman–Crippen MR) is 80.3 cm³/mol. The first-order valence-corrected chi connectivity index (χ1v) is 7.39. The Bertz CT molecular complexity index is 663. The van der Waals surface area contributed by atoms with Crippen molar-refractivity contribution in [1.29, 1.82) is 0 Å². The van der Waals surface area contributed by atoms with E-state index in [1.165, 1.54) is 16.9 Å². The second-order valence-electron chi connectivity index (χ2n) is 5.12. The second kappa shape index (κ2) is 6.46. The summed E-state index contributed by atoms with van der Waals surface area (Å²) in [5.74, 6) is -0.561. The number of nitrogens with zero attached hydrogens (tertiary/aromatic N) is 2. The molecular weight excluding hydrogens is 309 g/mol. The van der Waals surface area contributed by atoms with Crippen molar-refractivity contribution in [3.8, 4) is 0 Å². The normalized spacial score (nSPS) is 17.6. The molecule has 0 bridgehead atoms. The van der Waals surface area contributed by atoms with Crippen molar-refractivity contribution in [2.75, 3.05) is 11.9 Å². The van der Waals surface area contributed by atoms with E-state index in [-0.39, 0.29) is 18.3 Å². The van der Waals surface area contributed by atoms with Crippen LogP contribution in [0.5, 0.6) is 0 Å². The van der Waals surface area contributed by atoms with Crippen LogP contribution in [-0.4, -0.2) is 28.4 Å². The SMILES string of the molecule is O=C(Nc1cnn(Cc2c(F)cccc2Cl)c1)C1CCCO1. The predicted octanol–water partition coefficient (Wildman–Crippen LogP) is 2.84. The van der Waals surface area contributed by atoms with Gasteiger partial charge >= 0.3 is 0 Å². The molecule has 7 heteroatoms. The fourth-order valence-electron chi connectivity index (χ4n) is 2.37. The number of amides is 1. The van der Waals surface area contributed by atoms with Crippen molar-refractivity contribution in [1.82, 2.24) is 9.78 Å². The molecule has 1 aromatic heterocycles. The number of ether oxygens (including phenoxy) is 1. The maximum atomic E-state index is 13.7. The van der Waals surface area contributed by atoms with Gasteiger partial charge in [0.15, 0.2) is 0 Å². The highest BCUT2D eigenvalue weighted by Crippen LogP contribution is 2.20. The van der Waals surface area contributed by atoms with Gasteiger partial charge in [-0.25, -0.2) is 4.39 Å². The molecule has 2 heterocycles. The van der Waals surface area contributed by atoms with Crippen LogP contribution in [0.3, 0.4) is 0 Å². The van der Waals surface area contributed by atoms with E-state index in [9.17, 15) is 9.18 Å². The van der Waals surface area contributed by atoms with E-state index in [4.69, 9.17) is 16.3 Å². The lowest BCUT2D eigenvalue weighted by Crippen LogP contribution is -2.26. The quantitative estimate of drug-likeness (QED) is 0.941. The fraction of sp³-hybridized carbons (Fsp3) is 0.333. The smallest absolute Gasteiger partial charge is 0.253 e. The Morgan fingerprint density at radius 2 is 2.41 bits per heavy atom. The summed E-state index contributed by atoms with van der Waals surface area (Å²) in [5, 5.41) is 7.20. The molecule has 1 atom stereocenters. The molecule has 116 valence electrons. The number of anilines is 1. The van der Waals surface area contributed by atoms with Crippen LogP contribution >= 0.6 is 11.6 Å². The number of benzene rings is 1. The summed E-state index contributed by atoms with van der Waals surface area (Å²) in [6.07, 6.45) is 4.37. The lowest BCUT2D eigenvalue weighted by molar-refractivity contribution is -0.124. The first-order valence-electron chi connectivity index (χ1n) is 7.01. The third-order valence-corrected chi connectivity index (χ3v) is 3.86. The van der Waals surface area contributed by atoms with Gasteiger partial charge in [-0.2, -0.15) is 5.10 Å². The minimum atomic E-state index is -0.399. The van der Waals surface area contributed by atoms with Gasteiger partial charge in [-0.1, -0.05) is 17.7 Å². The van der Waals surface area contributed by atoms with Crippen LogP contribution in [0, 0.1) is 5.82 Å². The van der Waals surface area contributed by atoms with E-state index >= 15 is 0 Å². The number of hydrogen-bond donors (Lipinski definition) is 1. The Hall–Kier alpha value is -1.92. The third kappa shape index (κ3) is 3.28. The highest BCUT2D eigenvalue weighted by molar-refractivity contribution is 6.31. The summed E-state index contributed by atoms with van der Waals surface area (Å²) < 4.78 is 20.6. The van der Waals surface area contributed by atoms with Gasteiger partial charge in [0.2, 0.25) is 0 Å². The van der Waals surface area contributed by atoms with E-state index in [0.717, 1.165) is 12.8 Å². The highest BCUT2D eigenvalue weighted by atomic mass is 35.5. The summed E-state index contributed by atoms with van der Waals surface area (Å²) in [7, 11) is 0. The van der Waals surface area contributed by atoms with Crippen LogP contribution in [0.2, 0.25) is 5.02 Å². The van der Waals surface area contributed by atoms with Gasteiger partial charge in [0.1, 0.15) is 11.9 Å². The molecule has 0 saturated carbocycles. The molecule has 1 saturated heterocycles. The first kappa shape index (κ1) is 15.0. The Morgan fingerprint density at radius 3 is 3.14 bits per heavy atom. The summed E-state index contributed by atoms with van der Waals surface area (Å²) >= 11 is 5.99. The van der Waals surface area contributed by atoms with E-state index in [0.29, 0.717) is 22.9 Å². The largest absolute Gasteiger partial charge is 0.368 e. The van der Waals surface area contributed by atoms with Crippen LogP contribution in [-0.2, 0) is 16.1 Å². The molecule has 1 amide bonds. The van der Waals surface area contributed by atoms with Crippen molar-refractivity contribution in [3.05, 3.63) is 47.0 Å². The Kier molecular flexibility index (Phi) is 4.40. The van der Waals surface area contributed by atoms with Crippen molar-refractivity contribution in [2.45, 2.75) is 25.5 Å². The molecule has 22 heavy (non-hydrogen) atoms. The van der Waals surface area contributed by atoms with Gasteiger partial charge in [0.05, 0.1) is 18.4 Å². The molecule has 5 nitrogen and oxygen atoms in total. The molecular formula is C15H15ClFN3O2. The number of halogens is 2. The number of nitrogens with one attached hydrogen (secondary N) is 1. The van der Waals surface area contributed by atoms with Gasteiger partial charge in [-0.3, -0.25) is 9.48 Å². The van der Waals surface area contributed by atoms with Crippen molar-refractivity contribution in [2.24, 2.45) is 0 Å². The summed E-state index contributed by atoms with van der Waals surface area (Å²) in [6.45, 7) is 0.810. The van der Waals surface area contributed by atoms with Crippen LogP contribution in [0.15, 0.2) is 30.6 Å². The molecule has 1 aliphatic rings. The van der Waals surface area contributed by atoms with Crippen molar-refractivity contribution >= 4 is 23.2 Å². The molecule has 1 aliphatic heterocycles. The van der Waals surface area contributed by atoms with Crippen molar-refractivity contribution in [3.63, 3.8) is 0 Å². The van der Waals surface area contributed by atoms with Gasteiger partial charge in [0.25, 0.3) is 5.91 Å². The molecule has 1 unspecified atom stereocenters. The summed E-state index contributed by atoms with van der Waals surface area (Å²) in [5.41, 5.74) is 0.914. The van der Waals surface area contributed by atoms with Crippen LogP contribution in [0.4, 0.5) is 10.1 Å². The molecule has 0 spiro atoms. The molecule has 2 aromatic rings. The lowest BCUT2D eigenvalue weighted by atomic mass is 10.2. The molecule has 1 fully saturated rings. The van der Waals surface area contributed by atoms with Crippen LogP contribution in [0.1, 0.15) is 18.4 Å². The van der Waals surface area contributed by atoms with Gasteiger partial charge < -0.3 is 10.1 Å². The Morgan fingerprint density at radius 1 is 1.55 bits per heavy atom. The standard InChI is InChI=1S/C15H15ClFN3O2/c16-12-3-1-4-13(17)11(12)9-20-8-10(7-18-20)19-15(21)14-5-2-6-22-14/h1,3-4,7-8,14H,2,5-6,9H2,(H,19,21). The summed E-state index contributed by atoms with van der Waals surface area (Å²) in [4.78, 5) is 11.9. The monoisotopic (exact) mass is 323 g/mol. The second-order valence-corrected chi connectivity index (χ2v) is 5.52. The molecule has 0 aliphatic carbocycles. The van der Waals surface area contributed by atoms with Crippen LogP contribution < -0.4 is 5.32 Å².